The zero-order valence-corrected chi connectivity index (χ0v) is 24.0. The van der Waals surface area contributed by atoms with Crippen LogP contribution in [0.15, 0.2) is 58.5 Å². The second-order valence-electron chi connectivity index (χ2n) is 9.11. The zero-order chi connectivity index (χ0) is 27.8. The first kappa shape index (κ1) is 26.9. The fraction of sp³-hybridized carbons (Fsp3) is 0.286. The van der Waals surface area contributed by atoms with Crippen LogP contribution in [0.5, 0.6) is 0 Å². The number of hydrogen-bond donors (Lipinski definition) is 1. The topological polar surface area (TPSA) is 104 Å². The molecule has 5 aromatic rings. The molecule has 0 fully saturated rings. The average molecular weight is 564 g/mol. The smallest absolute Gasteiger partial charge is 0.348 e. The van der Waals surface area contributed by atoms with Gasteiger partial charge >= 0.3 is 11.7 Å². The highest BCUT2D eigenvalue weighted by Crippen LogP contribution is 2.39. The van der Waals surface area contributed by atoms with E-state index in [0.29, 0.717) is 16.2 Å². The Hall–Kier alpha value is -3.67. The SMILES string of the molecule is CCSc1nc2c(C)sc(C(=O)O)c2n1C(C)c1ccc(-c2ccccc2-c2nn(COC)c(=O)n2C)cc1. The molecular formula is C28H29N5O4S2. The Balaban J connectivity index is 1.56. The van der Waals surface area contributed by atoms with Gasteiger partial charge in [-0.3, -0.25) is 4.57 Å². The number of nitrogens with zero attached hydrogens (tertiary/aromatic N) is 5. The molecular weight excluding hydrogens is 534 g/mol. The maximum absolute atomic E-state index is 12.6. The highest BCUT2D eigenvalue weighted by Gasteiger charge is 2.26. The summed E-state index contributed by atoms with van der Waals surface area (Å²) in [5, 5.41) is 15.2. The Bertz CT molecular complexity index is 1730. The van der Waals surface area contributed by atoms with Gasteiger partial charge in [0.15, 0.2) is 11.0 Å². The number of thioether (sulfide) groups is 1. The number of thiophene rings is 1. The summed E-state index contributed by atoms with van der Waals surface area (Å²) in [4.78, 5) is 30.7. The Morgan fingerprint density at radius 3 is 2.49 bits per heavy atom. The van der Waals surface area contributed by atoms with Gasteiger partial charge in [-0.25, -0.2) is 14.6 Å². The van der Waals surface area contributed by atoms with Crippen LogP contribution in [0.25, 0.3) is 33.5 Å². The second-order valence-corrected chi connectivity index (χ2v) is 11.6. The maximum atomic E-state index is 12.6. The van der Waals surface area contributed by atoms with Crippen LogP contribution in [0, 0.1) is 6.92 Å². The fourth-order valence-electron chi connectivity index (χ4n) is 4.81. The third kappa shape index (κ3) is 4.70. The summed E-state index contributed by atoms with van der Waals surface area (Å²) < 4.78 is 9.99. The third-order valence-corrected chi connectivity index (χ3v) is 8.61. The lowest BCUT2D eigenvalue weighted by Crippen LogP contribution is -2.23. The van der Waals surface area contributed by atoms with Gasteiger partial charge in [-0.2, -0.15) is 4.68 Å². The molecule has 0 spiro atoms. The largest absolute Gasteiger partial charge is 0.477 e. The van der Waals surface area contributed by atoms with E-state index >= 15 is 0 Å². The number of imidazole rings is 1. The van der Waals surface area contributed by atoms with Crippen LogP contribution in [0.4, 0.5) is 0 Å². The van der Waals surface area contributed by atoms with Crippen LogP contribution in [-0.4, -0.2) is 47.8 Å². The van der Waals surface area contributed by atoms with Crippen molar-refractivity contribution in [3.63, 3.8) is 0 Å². The molecule has 1 unspecified atom stereocenters. The summed E-state index contributed by atoms with van der Waals surface area (Å²) in [5.41, 5.74) is 4.98. The van der Waals surface area contributed by atoms with E-state index in [1.165, 1.54) is 27.7 Å². The average Bonchev–Trinajstić information content (AvgIpc) is 3.55. The van der Waals surface area contributed by atoms with Crippen molar-refractivity contribution in [3.05, 3.63) is 74.3 Å². The third-order valence-electron chi connectivity index (χ3n) is 6.70. The van der Waals surface area contributed by atoms with Crippen LogP contribution >= 0.6 is 23.1 Å². The molecule has 0 aliphatic rings. The molecule has 1 N–H and O–H groups in total. The van der Waals surface area contributed by atoms with Crippen LogP contribution < -0.4 is 5.69 Å². The molecule has 5 rings (SSSR count). The Morgan fingerprint density at radius 2 is 1.85 bits per heavy atom. The summed E-state index contributed by atoms with van der Waals surface area (Å²) in [6, 6.07) is 15.9. The van der Waals surface area contributed by atoms with Gasteiger partial charge in [0.2, 0.25) is 0 Å². The summed E-state index contributed by atoms with van der Waals surface area (Å²) in [7, 11) is 3.23. The van der Waals surface area contributed by atoms with E-state index in [2.05, 4.69) is 35.6 Å². The van der Waals surface area contributed by atoms with Crippen LogP contribution in [0.2, 0.25) is 0 Å². The number of benzene rings is 2. The Kier molecular flexibility index (Phi) is 7.48. The molecule has 39 heavy (non-hydrogen) atoms. The molecule has 0 radical (unpaired) electrons. The van der Waals surface area contributed by atoms with E-state index in [0.717, 1.165) is 43.6 Å². The molecule has 0 bridgehead atoms. The molecule has 2 aromatic carbocycles. The number of carbonyl (C=O) groups is 1. The van der Waals surface area contributed by atoms with E-state index in [1.807, 2.05) is 43.3 Å². The minimum Gasteiger partial charge on any atom is -0.477 e. The van der Waals surface area contributed by atoms with Crippen molar-refractivity contribution in [3.8, 4) is 22.5 Å². The number of rotatable bonds is 9. The number of aromatic carboxylic acids is 1. The molecule has 11 heteroatoms. The molecule has 0 saturated heterocycles. The van der Waals surface area contributed by atoms with E-state index in [1.54, 1.807) is 18.8 Å². The number of methoxy groups -OCH3 is 1. The number of carboxylic acids is 1. The molecule has 3 heterocycles. The molecule has 202 valence electrons. The van der Waals surface area contributed by atoms with Crippen LogP contribution in [-0.2, 0) is 18.5 Å². The number of hydrogen-bond acceptors (Lipinski definition) is 7. The van der Waals surface area contributed by atoms with Crippen LogP contribution in [0.3, 0.4) is 0 Å². The molecule has 0 aliphatic heterocycles. The van der Waals surface area contributed by atoms with Gasteiger partial charge < -0.3 is 14.4 Å². The minimum atomic E-state index is -0.936. The lowest BCUT2D eigenvalue weighted by atomic mass is 9.97. The molecule has 9 nitrogen and oxygen atoms in total. The molecule has 0 aliphatic carbocycles. The van der Waals surface area contributed by atoms with E-state index in [9.17, 15) is 14.7 Å². The molecule has 0 amide bonds. The first-order valence-corrected chi connectivity index (χ1v) is 14.3. The normalized spacial score (nSPS) is 12.3. The van der Waals surface area contributed by atoms with Gasteiger partial charge in [0, 0.05) is 24.6 Å². The van der Waals surface area contributed by atoms with Crippen molar-refractivity contribution in [2.75, 3.05) is 12.9 Å². The predicted octanol–water partition coefficient (Wildman–Crippen LogP) is 5.66. The Labute approximate surface area is 233 Å². The standard InChI is InChI=1S/C28H29N5O4S2/c1-6-38-27-29-22-17(3)39-24(26(34)35)23(22)33(27)16(2)18-11-13-19(14-12-18)20-9-7-8-10-21(20)25-30-32(15-37-5)28(36)31(25)4/h7-14,16H,6,15H2,1-5H3,(H,34,35). The first-order valence-electron chi connectivity index (χ1n) is 12.5. The molecule has 3 aromatic heterocycles. The van der Waals surface area contributed by atoms with Gasteiger partial charge in [0.05, 0.1) is 11.6 Å². The molecule has 1 atom stereocenters. The predicted molar refractivity (Wildman–Crippen MR) is 155 cm³/mol. The van der Waals surface area contributed by atoms with Crippen molar-refractivity contribution in [1.82, 2.24) is 23.9 Å². The number of aryl methyl sites for hydroxylation is 1. The van der Waals surface area contributed by atoms with Crippen molar-refractivity contribution < 1.29 is 14.6 Å². The van der Waals surface area contributed by atoms with Crippen molar-refractivity contribution in [2.24, 2.45) is 7.05 Å². The van der Waals surface area contributed by atoms with Gasteiger partial charge in [0.1, 0.15) is 17.1 Å². The van der Waals surface area contributed by atoms with Crippen LogP contribution in [0.1, 0.15) is 40.0 Å². The first-order chi connectivity index (χ1) is 18.8. The highest BCUT2D eigenvalue weighted by molar-refractivity contribution is 7.99. The van der Waals surface area contributed by atoms with E-state index in [-0.39, 0.29) is 18.5 Å². The lowest BCUT2D eigenvalue weighted by Gasteiger charge is -2.18. The van der Waals surface area contributed by atoms with Crippen molar-refractivity contribution >= 4 is 40.1 Å². The number of fused-ring (bicyclic) bond motifs is 1. The zero-order valence-electron chi connectivity index (χ0n) is 22.3. The van der Waals surface area contributed by atoms with Gasteiger partial charge in [-0.05, 0) is 36.3 Å². The Morgan fingerprint density at radius 1 is 1.15 bits per heavy atom. The number of carboxylic acid groups (broad SMARTS) is 1. The van der Waals surface area contributed by atoms with E-state index in [4.69, 9.17) is 9.72 Å². The van der Waals surface area contributed by atoms with E-state index < -0.39 is 5.97 Å². The van der Waals surface area contributed by atoms with Crippen molar-refractivity contribution in [2.45, 2.75) is 38.7 Å². The number of ether oxygens (including phenoxy) is 1. The summed E-state index contributed by atoms with van der Waals surface area (Å²) in [6.07, 6.45) is 0. The van der Waals surface area contributed by atoms with Gasteiger partial charge in [-0.1, -0.05) is 67.2 Å². The second kappa shape index (κ2) is 10.8. The summed E-state index contributed by atoms with van der Waals surface area (Å²) in [6.45, 7) is 6.13. The fourth-order valence-corrected chi connectivity index (χ4v) is 6.54. The monoisotopic (exact) mass is 563 g/mol. The van der Waals surface area contributed by atoms with Crippen molar-refractivity contribution in [1.29, 1.82) is 0 Å². The van der Waals surface area contributed by atoms with Gasteiger partial charge in [0.25, 0.3) is 0 Å². The summed E-state index contributed by atoms with van der Waals surface area (Å²) in [5.74, 6) is 0.449. The highest BCUT2D eigenvalue weighted by atomic mass is 32.2. The molecule has 0 saturated carbocycles. The quantitative estimate of drug-likeness (QED) is 0.231. The minimum absolute atomic E-state index is 0.0779. The summed E-state index contributed by atoms with van der Waals surface area (Å²) >= 11 is 2.88. The van der Waals surface area contributed by atoms with Gasteiger partial charge in [-0.15, -0.1) is 16.4 Å². The number of aromatic nitrogens is 5. The lowest BCUT2D eigenvalue weighted by molar-refractivity contribution is 0.0703. The maximum Gasteiger partial charge on any atom is 0.348 e.